The second-order valence-electron chi connectivity index (χ2n) is 6.53. The second kappa shape index (κ2) is 6.66. The third-order valence-corrected chi connectivity index (χ3v) is 4.83. The van der Waals surface area contributed by atoms with Gasteiger partial charge in [0.25, 0.3) is 0 Å². The van der Waals surface area contributed by atoms with Crippen LogP contribution in [0.5, 0.6) is 0 Å². The molecule has 1 aromatic heterocycles. The fraction of sp³-hybridized carbons (Fsp3) is 0.0455. The minimum absolute atomic E-state index is 0.823. The molecule has 0 bridgehead atoms. The van der Waals surface area contributed by atoms with Gasteiger partial charge in [0.05, 0.1) is 11.4 Å². The molecule has 0 saturated heterocycles. The van der Waals surface area contributed by atoms with Crippen LogP contribution in [0, 0.1) is 0 Å². The SMILES string of the molecule is C/C(=N/N=C1c2ccccc2-c2ccccc21)c1cccc(-n2cnnn2)c1. The predicted octanol–water partition coefficient (Wildman–Crippen LogP) is 3.90. The van der Waals surface area contributed by atoms with Crippen molar-refractivity contribution in [1.82, 2.24) is 20.2 Å². The molecule has 28 heavy (non-hydrogen) atoms. The van der Waals surface area contributed by atoms with E-state index in [4.69, 9.17) is 0 Å². The second-order valence-corrected chi connectivity index (χ2v) is 6.53. The molecule has 0 amide bonds. The van der Waals surface area contributed by atoms with E-state index in [1.165, 1.54) is 11.1 Å². The summed E-state index contributed by atoms with van der Waals surface area (Å²) in [6, 6.07) is 24.5. The average molecular weight is 364 g/mol. The summed E-state index contributed by atoms with van der Waals surface area (Å²) in [5.41, 5.74) is 8.20. The molecular weight excluding hydrogens is 348 g/mol. The van der Waals surface area contributed by atoms with Gasteiger partial charge in [-0.05, 0) is 46.2 Å². The van der Waals surface area contributed by atoms with E-state index >= 15 is 0 Å². The molecule has 0 aliphatic heterocycles. The predicted molar refractivity (Wildman–Crippen MR) is 109 cm³/mol. The first-order valence-electron chi connectivity index (χ1n) is 8.96. The fourth-order valence-electron chi connectivity index (χ4n) is 3.44. The molecule has 1 aliphatic rings. The minimum Gasteiger partial charge on any atom is -0.201 e. The van der Waals surface area contributed by atoms with Crippen LogP contribution >= 0.6 is 0 Å². The van der Waals surface area contributed by atoms with Crippen molar-refractivity contribution in [3.05, 3.63) is 95.8 Å². The van der Waals surface area contributed by atoms with Crippen LogP contribution in [0.1, 0.15) is 23.6 Å². The van der Waals surface area contributed by atoms with Gasteiger partial charge in [0, 0.05) is 11.1 Å². The average Bonchev–Trinajstić information content (AvgIpc) is 3.39. The third kappa shape index (κ3) is 2.72. The monoisotopic (exact) mass is 364 g/mol. The lowest BCUT2D eigenvalue weighted by molar-refractivity contribution is 0.789. The van der Waals surface area contributed by atoms with E-state index in [0.29, 0.717) is 0 Å². The van der Waals surface area contributed by atoms with Crippen molar-refractivity contribution in [2.45, 2.75) is 6.92 Å². The molecule has 0 atom stereocenters. The van der Waals surface area contributed by atoms with Crippen molar-refractivity contribution in [2.24, 2.45) is 10.2 Å². The summed E-state index contributed by atoms with van der Waals surface area (Å²) >= 11 is 0. The van der Waals surface area contributed by atoms with E-state index < -0.39 is 0 Å². The molecule has 1 aliphatic carbocycles. The Morgan fingerprint density at radius 2 is 1.50 bits per heavy atom. The summed E-state index contributed by atoms with van der Waals surface area (Å²) in [4.78, 5) is 0. The Morgan fingerprint density at radius 1 is 0.821 bits per heavy atom. The van der Waals surface area contributed by atoms with Gasteiger partial charge in [-0.25, -0.2) is 4.68 Å². The molecule has 6 heteroatoms. The van der Waals surface area contributed by atoms with Crippen LogP contribution < -0.4 is 0 Å². The standard InChI is InChI=1S/C22H16N6/c1-15(16-7-6-8-17(13-16)28-14-23-26-27-28)24-25-22-20-11-4-2-9-18(20)19-10-3-5-12-21(19)22/h2-14H,1H3/b24-15-. The zero-order valence-electron chi connectivity index (χ0n) is 15.2. The summed E-state index contributed by atoms with van der Waals surface area (Å²) in [6.45, 7) is 1.95. The summed E-state index contributed by atoms with van der Waals surface area (Å²) in [7, 11) is 0. The first kappa shape index (κ1) is 16.3. The smallest absolute Gasteiger partial charge is 0.143 e. The number of rotatable bonds is 3. The maximum absolute atomic E-state index is 4.63. The largest absolute Gasteiger partial charge is 0.201 e. The van der Waals surface area contributed by atoms with Crippen LogP contribution in [0.4, 0.5) is 0 Å². The highest BCUT2D eigenvalue weighted by Gasteiger charge is 2.23. The molecule has 0 N–H and O–H groups in total. The molecule has 0 spiro atoms. The number of hydrogen-bond donors (Lipinski definition) is 0. The summed E-state index contributed by atoms with van der Waals surface area (Å²) in [5, 5.41) is 20.5. The van der Waals surface area contributed by atoms with Crippen molar-refractivity contribution >= 4 is 11.4 Å². The van der Waals surface area contributed by atoms with E-state index in [9.17, 15) is 0 Å². The lowest BCUT2D eigenvalue weighted by Crippen LogP contribution is -2.01. The highest BCUT2D eigenvalue weighted by molar-refractivity contribution is 6.24. The van der Waals surface area contributed by atoms with E-state index in [-0.39, 0.29) is 0 Å². The van der Waals surface area contributed by atoms with Crippen molar-refractivity contribution in [3.63, 3.8) is 0 Å². The maximum Gasteiger partial charge on any atom is 0.143 e. The van der Waals surface area contributed by atoms with Gasteiger partial charge < -0.3 is 0 Å². The van der Waals surface area contributed by atoms with Gasteiger partial charge in [0.2, 0.25) is 0 Å². The van der Waals surface area contributed by atoms with Crippen molar-refractivity contribution in [1.29, 1.82) is 0 Å². The van der Waals surface area contributed by atoms with Gasteiger partial charge in [-0.15, -0.1) is 10.2 Å². The Hall–Kier alpha value is -3.93. The first-order valence-corrected chi connectivity index (χ1v) is 8.96. The number of aromatic nitrogens is 4. The highest BCUT2D eigenvalue weighted by atomic mass is 15.5. The first-order chi connectivity index (χ1) is 13.8. The normalized spacial score (nSPS) is 12.6. The Labute approximate surface area is 161 Å². The summed E-state index contributed by atoms with van der Waals surface area (Å²) in [6.07, 6.45) is 1.57. The summed E-state index contributed by atoms with van der Waals surface area (Å²) < 4.78 is 1.62. The Kier molecular flexibility index (Phi) is 3.87. The Bertz CT molecular complexity index is 1170. The van der Waals surface area contributed by atoms with Gasteiger partial charge in [-0.1, -0.05) is 60.7 Å². The lowest BCUT2D eigenvalue weighted by Gasteiger charge is -2.04. The van der Waals surface area contributed by atoms with Crippen LogP contribution in [-0.4, -0.2) is 31.6 Å². The van der Waals surface area contributed by atoms with Gasteiger partial charge in [-0.3, -0.25) is 0 Å². The molecule has 134 valence electrons. The molecule has 0 saturated carbocycles. The number of benzene rings is 3. The van der Waals surface area contributed by atoms with Gasteiger partial charge in [0.1, 0.15) is 12.0 Å². The zero-order chi connectivity index (χ0) is 18.9. The van der Waals surface area contributed by atoms with E-state index in [1.54, 1.807) is 11.0 Å². The Morgan fingerprint density at radius 3 is 2.14 bits per heavy atom. The fourth-order valence-corrected chi connectivity index (χ4v) is 3.44. The van der Waals surface area contributed by atoms with Crippen molar-refractivity contribution in [2.75, 3.05) is 0 Å². The third-order valence-electron chi connectivity index (χ3n) is 4.83. The maximum atomic E-state index is 4.63. The molecule has 3 aromatic carbocycles. The van der Waals surface area contributed by atoms with Crippen molar-refractivity contribution in [3.8, 4) is 16.8 Å². The number of fused-ring (bicyclic) bond motifs is 3. The van der Waals surface area contributed by atoms with Crippen LogP contribution in [-0.2, 0) is 0 Å². The number of hydrogen-bond acceptors (Lipinski definition) is 5. The van der Waals surface area contributed by atoms with E-state index in [1.807, 2.05) is 43.3 Å². The van der Waals surface area contributed by atoms with Crippen molar-refractivity contribution < 1.29 is 0 Å². The Balaban J connectivity index is 1.55. The van der Waals surface area contributed by atoms with Crippen LogP contribution in [0.15, 0.2) is 89.3 Å². The van der Waals surface area contributed by atoms with Crippen LogP contribution in [0.2, 0.25) is 0 Å². The molecule has 0 fully saturated rings. The number of tetrazole rings is 1. The molecule has 5 rings (SSSR count). The zero-order valence-corrected chi connectivity index (χ0v) is 15.2. The van der Waals surface area contributed by atoms with Crippen LogP contribution in [0.25, 0.3) is 16.8 Å². The van der Waals surface area contributed by atoms with Gasteiger partial charge in [0.15, 0.2) is 0 Å². The molecule has 6 nitrogen and oxygen atoms in total. The molecule has 0 unspecified atom stereocenters. The molecule has 4 aromatic rings. The number of nitrogens with zero attached hydrogens (tertiary/aromatic N) is 6. The van der Waals surface area contributed by atoms with E-state index in [0.717, 1.165) is 33.8 Å². The quantitative estimate of drug-likeness (QED) is 0.360. The minimum atomic E-state index is 0.823. The topological polar surface area (TPSA) is 68.3 Å². The van der Waals surface area contributed by atoms with E-state index in [2.05, 4.69) is 62.1 Å². The highest BCUT2D eigenvalue weighted by Crippen LogP contribution is 2.36. The lowest BCUT2D eigenvalue weighted by atomic mass is 10.1. The molecule has 0 radical (unpaired) electrons. The summed E-state index contributed by atoms with van der Waals surface area (Å²) in [5.74, 6) is 0. The molecule has 1 heterocycles. The van der Waals surface area contributed by atoms with Gasteiger partial charge >= 0.3 is 0 Å². The molecular formula is C22H16N6. The van der Waals surface area contributed by atoms with Gasteiger partial charge in [-0.2, -0.15) is 5.10 Å². The van der Waals surface area contributed by atoms with Crippen LogP contribution in [0.3, 0.4) is 0 Å².